The number of carboxylic acid groups (broad SMARTS) is 1. The van der Waals surface area contributed by atoms with E-state index >= 15 is 0 Å². The van der Waals surface area contributed by atoms with E-state index in [-0.39, 0.29) is 17.6 Å². The molecule has 5 heteroatoms. The molecule has 2 rings (SSSR count). The largest absolute Gasteiger partial charge is 0.481 e. The van der Waals surface area contributed by atoms with E-state index in [9.17, 15) is 19.1 Å². The van der Waals surface area contributed by atoms with Gasteiger partial charge >= 0.3 is 5.97 Å². The SMILES string of the molecule is CC1CC(C(=O)O)C(C(=O)N(C)Cc2ccc(F)cc2)C1. The first-order valence-electron chi connectivity index (χ1n) is 7.10. The number of nitrogens with zero attached hydrogens (tertiary/aromatic N) is 1. The van der Waals surface area contributed by atoms with E-state index in [4.69, 9.17) is 0 Å². The Morgan fingerprint density at radius 3 is 2.38 bits per heavy atom. The van der Waals surface area contributed by atoms with E-state index in [1.54, 1.807) is 19.2 Å². The second-order valence-electron chi connectivity index (χ2n) is 5.95. The molecule has 1 saturated carbocycles. The van der Waals surface area contributed by atoms with Gasteiger partial charge in [-0.3, -0.25) is 9.59 Å². The molecule has 0 radical (unpaired) electrons. The van der Waals surface area contributed by atoms with Gasteiger partial charge in [-0.05, 0) is 36.5 Å². The van der Waals surface area contributed by atoms with Crippen molar-refractivity contribution in [3.8, 4) is 0 Å². The van der Waals surface area contributed by atoms with Crippen LogP contribution in [-0.2, 0) is 16.1 Å². The molecule has 1 aromatic carbocycles. The highest BCUT2D eigenvalue weighted by Crippen LogP contribution is 2.37. The molecule has 0 saturated heterocycles. The van der Waals surface area contributed by atoms with Crippen LogP contribution in [0.4, 0.5) is 4.39 Å². The van der Waals surface area contributed by atoms with Gasteiger partial charge in [-0.2, -0.15) is 0 Å². The van der Waals surface area contributed by atoms with Crippen LogP contribution in [0.15, 0.2) is 24.3 Å². The number of rotatable bonds is 4. The zero-order chi connectivity index (χ0) is 15.6. The van der Waals surface area contributed by atoms with Gasteiger partial charge in [0, 0.05) is 13.6 Å². The predicted molar refractivity (Wildman–Crippen MR) is 75.9 cm³/mol. The van der Waals surface area contributed by atoms with Crippen LogP contribution in [0.25, 0.3) is 0 Å². The monoisotopic (exact) mass is 293 g/mol. The zero-order valence-electron chi connectivity index (χ0n) is 12.3. The number of hydrogen-bond acceptors (Lipinski definition) is 2. The van der Waals surface area contributed by atoms with Crippen molar-refractivity contribution >= 4 is 11.9 Å². The van der Waals surface area contributed by atoms with E-state index in [1.807, 2.05) is 6.92 Å². The third-order valence-corrected chi connectivity index (χ3v) is 4.14. The normalized spacial score (nSPS) is 24.8. The summed E-state index contributed by atoms with van der Waals surface area (Å²) in [6.45, 7) is 2.33. The van der Waals surface area contributed by atoms with Gasteiger partial charge in [0.05, 0.1) is 11.8 Å². The van der Waals surface area contributed by atoms with Crippen LogP contribution in [0.1, 0.15) is 25.3 Å². The molecule has 21 heavy (non-hydrogen) atoms. The standard InChI is InChI=1S/C16H20FNO3/c1-10-7-13(14(8-10)16(20)21)15(19)18(2)9-11-3-5-12(17)6-4-11/h3-6,10,13-14H,7-9H2,1-2H3,(H,20,21). The van der Waals surface area contributed by atoms with Gasteiger partial charge in [0.25, 0.3) is 0 Å². The van der Waals surface area contributed by atoms with Crippen molar-refractivity contribution in [3.05, 3.63) is 35.6 Å². The highest BCUT2D eigenvalue weighted by molar-refractivity contribution is 5.85. The summed E-state index contributed by atoms with van der Waals surface area (Å²) in [7, 11) is 1.66. The number of hydrogen-bond donors (Lipinski definition) is 1. The van der Waals surface area contributed by atoms with Gasteiger partial charge in [-0.25, -0.2) is 4.39 Å². The Hall–Kier alpha value is -1.91. The fourth-order valence-corrected chi connectivity index (χ4v) is 3.06. The smallest absolute Gasteiger partial charge is 0.307 e. The van der Waals surface area contributed by atoms with Gasteiger partial charge in [0.1, 0.15) is 5.82 Å². The lowest BCUT2D eigenvalue weighted by atomic mass is 9.94. The van der Waals surface area contributed by atoms with Crippen molar-refractivity contribution in [3.63, 3.8) is 0 Å². The Balaban J connectivity index is 2.04. The molecule has 1 amide bonds. The number of benzene rings is 1. The Morgan fingerprint density at radius 1 is 1.24 bits per heavy atom. The molecule has 1 aromatic rings. The van der Waals surface area contributed by atoms with Crippen LogP contribution in [0.5, 0.6) is 0 Å². The molecule has 0 heterocycles. The summed E-state index contributed by atoms with van der Waals surface area (Å²) in [5.41, 5.74) is 0.824. The first kappa shape index (κ1) is 15.5. The molecule has 0 aromatic heterocycles. The number of aliphatic carboxylic acids is 1. The van der Waals surface area contributed by atoms with Crippen LogP contribution in [0.2, 0.25) is 0 Å². The van der Waals surface area contributed by atoms with Gasteiger partial charge in [0.2, 0.25) is 5.91 Å². The fraction of sp³-hybridized carbons (Fsp3) is 0.500. The number of carbonyl (C=O) groups is 2. The van der Waals surface area contributed by atoms with Crippen molar-refractivity contribution in [2.75, 3.05) is 7.05 Å². The predicted octanol–water partition coefficient (Wildman–Crippen LogP) is 2.53. The topological polar surface area (TPSA) is 57.6 Å². The van der Waals surface area contributed by atoms with Crippen molar-refractivity contribution in [1.82, 2.24) is 4.90 Å². The van der Waals surface area contributed by atoms with Crippen molar-refractivity contribution in [1.29, 1.82) is 0 Å². The molecular weight excluding hydrogens is 273 g/mol. The minimum Gasteiger partial charge on any atom is -0.481 e. The molecule has 1 aliphatic carbocycles. The van der Waals surface area contributed by atoms with Crippen LogP contribution in [0, 0.1) is 23.6 Å². The van der Waals surface area contributed by atoms with Crippen LogP contribution >= 0.6 is 0 Å². The zero-order valence-corrected chi connectivity index (χ0v) is 12.3. The van der Waals surface area contributed by atoms with Gasteiger partial charge < -0.3 is 10.0 Å². The van der Waals surface area contributed by atoms with Crippen LogP contribution in [-0.4, -0.2) is 28.9 Å². The molecule has 3 unspecified atom stereocenters. The fourth-order valence-electron chi connectivity index (χ4n) is 3.06. The summed E-state index contributed by atoms with van der Waals surface area (Å²) < 4.78 is 12.9. The Bertz CT molecular complexity index is 529. The molecule has 4 nitrogen and oxygen atoms in total. The molecule has 0 bridgehead atoms. The van der Waals surface area contributed by atoms with E-state index in [2.05, 4.69) is 0 Å². The third kappa shape index (κ3) is 3.60. The maximum Gasteiger partial charge on any atom is 0.307 e. The highest BCUT2D eigenvalue weighted by Gasteiger charge is 2.42. The number of amides is 1. The van der Waals surface area contributed by atoms with E-state index < -0.39 is 17.8 Å². The minimum absolute atomic E-state index is 0.143. The van der Waals surface area contributed by atoms with Crippen molar-refractivity contribution in [2.24, 2.45) is 17.8 Å². The summed E-state index contributed by atoms with van der Waals surface area (Å²) in [6, 6.07) is 5.97. The van der Waals surface area contributed by atoms with Crippen molar-refractivity contribution in [2.45, 2.75) is 26.3 Å². The first-order chi connectivity index (χ1) is 9.88. The summed E-state index contributed by atoms with van der Waals surface area (Å²) in [5, 5.41) is 9.24. The Morgan fingerprint density at radius 2 is 1.81 bits per heavy atom. The molecule has 1 fully saturated rings. The minimum atomic E-state index is -0.895. The summed E-state index contributed by atoms with van der Waals surface area (Å²) >= 11 is 0. The molecule has 1 aliphatic rings. The number of carboxylic acids is 1. The highest BCUT2D eigenvalue weighted by atomic mass is 19.1. The first-order valence-corrected chi connectivity index (χ1v) is 7.10. The Kier molecular flexibility index (Phi) is 4.60. The molecule has 114 valence electrons. The number of halogens is 1. The van der Waals surface area contributed by atoms with E-state index in [0.29, 0.717) is 19.4 Å². The van der Waals surface area contributed by atoms with Crippen LogP contribution < -0.4 is 0 Å². The lowest BCUT2D eigenvalue weighted by molar-refractivity contribution is -0.148. The summed E-state index contributed by atoms with van der Waals surface area (Å²) in [6.07, 6.45) is 1.17. The number of carbonyl (C=O) groups excluding carboxylic acids is 1. The second-order valence-corrected chi connectivity index (χ2v) is 5.95. The van der Waals surface area contributed by atoms with Gasteiger partial charge in [0.15, 0.2) is 0 Å². The summed E-state index contributed by atoms with van der Waals surface area (Å²) in [5.74, 6) is -2.15. The average molecular weight is 293 g/mol. The lowest BCUT2D eigenvalue weighted by Crippen LogP contribution is -2.36. The van der Waals surface area contributed by atoms with E-state index in [1.165, 1.54) is 17.0 Å². The maximum absolute atomic E-state index is 12.9. The van der Waals surface area contributed by atoms with E-state index in [0.717, 1.165) is 5.56 Å². The summed E-state index contributed by atoms with van der Waals surface area (Å²) in [4.78, 5) is 25.3. The lowest BCUT2D eigenvalue weighted by Gasteiger charge is -2.23. The maximum atomic E-state index is 12.9. The van der Waals surface area contributed by atoms with Crippen LogP contribution in [0.3, 0.4) is 0 Å². The molecule has 0 aliphatic heterocycles. The molecule has 3 atom stereocenters. The Labute approximate surface area is 123 Å². The molecule has 1 N–H and O–H groups in total. The molecule has 0 spiro atoms. The average Bonchev–Trinajstić information content (AvgIpc) is 2.82. The van der Waals surface area contributed by atoms with Gasteiger partial charge in [-0.1, -0.05) is 19.1 Å². The van der Waals surface area contributed by atoms with Crippen molar-refractivity contribution < 1.29 is 19.1 Å². The third-order valence-electron chi connectivity index (χ3n) is 4.14. The van der Waals surface area contributed by atoms with Gasteiger partial charge in [-0.15, -0.1) is 0 Å². The quantitative estimate of drug-likeness (QED) is 0.928. The second kappa shape index (κ2) is 6.24. The molecular formula is C16H20FNO3.